The number of hydrogen-bond donors (Lipinski definition) is 0. The van der Waals surface area contributed by atoms with Crippen molar-refractivity contribution in [3.63, 3.8) is 0 Å². The maximum absolute atomic E-state index is 14.1. The molecule has 0 bridgehead atoms. The lowest BCUT2D eigenvalue weighted by Crippen LogP contribution is -2.39. The van der Waals surface area contributed by atoms with Gasteiger partial charge < -0.3 is 18.9 Å². The lowest BCUT2D eigenvalue weighted by molar-refractivity contribution is 0.355. The van der Waals surface area contributed by atoms with Crippen molar-refractivity contribution in [2.24, 2.45) is 4.99 Å². The summed E-state index contributed by atoms with van der Waals surface area (Å²) in [5, 5.41) is 0. The van der Waals surface area contributed by atoms with Crippen LogP contribution in [0.4, 0.5) is 0 Å². The predicted octanol–water partition coefficient (Wildman–Crippen LogP) is 5.52. The average molecular weight is 581 g/mol. The molecule has 0 radical (unpaired) electrons. The first-order valence-electron chi connectivity index (χ1n) is 13.8. The first-order valence-corrected chi connectivity index (χ1v) is 14.6. The summed E-state index contributed by atoms with van der Waals surface area (Å²) in [5.41, 5.74) is 6.23. The molecule has 4 aromatic rings. The number of methoxy groups -OCH3 is 4. The zero-order valence-corrected chi connectivity index (χ0v) is 24.9. The van der Waals surface area contributed by atoms with Crippen LogP contribution in [0, 0.1) is 0 Å². The van der Waals surface area contributed by atoms with Gasteiger partial charge in [-0.2, -0.15) is 0 Å². The number of benzene rings is 3. The van der Waals surface area contributed by atoms with Gasteiger partial charge in [-0.05, 0) is 95.6 Å². The quantitative estimate of drug-likeness (QED) is 0.288. The topological polar surface area (TPSA) is 71.3 Å². The summed E-state index contributed by atoms with van der Waals surface area (Å²) in [6, 6.07) is 21.4. The van der Waals surface area contributed by atoms with Gasteiger partial charge in [0.25, 0.3) is 5.56 Å². The van der Waals surface area contributed by atoms with Crippen LogP contribution in [0.5, 0.6) is 23.0 Å². The number of fused-ring (bicyclic) bond motifs is 1. The summed E-state index contributed by atoms with van der Waals surface area (Å²) in [5.74, 6) is 2.85. The number of nitrogens with zero attached hydrogens (tertiary/aromatic N) is 2. The molecule has 1 aliphatic carbocycles. The van der Waals surface area contributed by atoms with Crippen LogP contribution in [0.15, 0.2) is 93.4 Å². The Morgan fingerprint density at radius 2 is 1.45 bits per heavy atom. The average Bonchev–Trinajstić information content (AvgIpc) is 3.34. The highest BCUT2D eigenvalue weighted by atomic mass is 32.1. The molecule has 0 N–H and O–H groups in total. The number of hydrogen-bond acceptors (Lipinski definition) is 7. The highest BCUT2D eigenvalue weighted by Gasteiger charge is 2.32. The fourth-order valence-corrected chi connectivity index (χ4v) is 6.64. The second-order valence-corrected chi connectivity index (χ2v) is 11.1. The van der Waals surface area contributed by atoms with Crippen LogP contribution in [0.25, 0.3) is 12.2 Å². The van der Waals surface area contributed by atoms with Crippen molar-refractivity contribution < 1.29 is 18.9 Å². The fourth-order valence-electron chi connectivity index (χ4n) is 5.64. The molecular formula is C34H32N2O5S. The first-order chi connectivity index (χ1) is 20.5. The van der Waals surface area contributed by atoms with Crippen molar-refractivity contribution in [3.05, 3.63) is 120 Å². The minimum atomic E-state index is -0.255. The van der Waals surface area contributed by atoms with Crippen molar-refractivity contribution in [1.82, 2.24) is 4.57 Å². The Hall–Kier alpha value is -4.56. The summed E-state index contributed by atoms with van der Waals surface area (Å²) < 4.78 is 24.1. The minimum Gasteiger partial charge on any atom is -0.497 e. The number of aromatic nitrogens is 1. The third-order valence-electron chi connectivity index (χ3n) is 7.73. The van der Waals surface area contributed by atoms with E-state index in [0.717, 1.165) is 58.7 Å². The van der Waals surface area contributed by atoms with Gasteiger partial charge in [0.2, 0.25) is 0 Å². The molecule has 1 atom stereocenters. The van der Waals surface area contributed by atoms with Gasteiger partial charge in [0.1, 0.15) is 11.5 Å². The van der Waals surface area contributed by atoms with Crippen molar-refractivity contribution in [3.8, 4) is 23.0 Å². The molecule has 0 spiro atoms. The minimum absolute atomic E-state index is 0.0628. The van der Waals surface area contributed by atoms with Gasteiger partial charge in [-0.15, -0.1) is 0 Å². The fraction of sp³-hybridized carbons (Fsp3) is 0.235. The van der Waals surface area contributed by atoms with E-state index in [9.17, 15) is 4.79 Å². The molecule has 214 valence electrons. The lowest BCUT2D eigenvalue weighted by Gasteiger charge is -2.31. The molecule has 0 saturated heterocycles. The van der Waals surface area contributed by atoms with E-state index in [-0.39, 0.29) is 11.6 Å². The third-order valence-corrected chi connectivity index (χ3v) is 8.71. The van der Waals surface area contributed by atoms with E-state index < -0.39 is 0 Å². The molecule has 2 aliphatic rings. The van der Waals surface area contributed by atoms with Gasteiger partial charge in [0.15, 0.2) is 16.3 Å². The van der Waals surface area contributed by atoms with Gasteiger partial charge in [-0.25, -0.2) is 4.99 Å². The maximum atomic E-state index is 14.1. The number of thiazole rings is 1. The molecule has 42 heavy (non-hydrogen) atoms. The molecule has 0 saturated carbocycles. The SMILES string of the molecule is COc1ccc(/C=C2\CCCC3=C2N=c2s/c(=C/c4ccc(OC)c(OC)c4)c(=O)n2C3c2ccc(OC)cc2)cc1. The van der Waals surface area contributed by atoms with Crippen molar-refractivity contribution in [2.45, 2.75) is 25.3 Å². The molecule has 1 aromatic heterocycles. The van der Waals surface area contributed by atoms with E-state index in [1.807, 2.05) is 65.2 Å². The van der Waals surface area contributed by atoms with Gasteiger partial charge >= 0.3 is 0 Å². The van der Waals surface area contributed by atoms with E-state index in [0.29, 0.717) is 20.8 Å². The third kappa shape index (κ3) is 5.14. The summed E-state index contributed by atoms with van der Waals surface area (Å²) >= 11 is 1.41. The molecule has 6 rings (SSSR count). The van der Waals surface area contributed by atoms with Crippen LogP contribution in [0.2, 0.25) is 0 Å². The Kier molecular flexibility index (Phi) is 7.71. The molecule has 2 heterocycles. The summed E-state index contributed by atoms with van der Waals surface area (Å²) in [4.78, 5) is 19.9. The van der Waals surface area contributed by atoms with Gasteiger partial charge in [0, 0.05) is 0 Å². The van der Waals surface area contributed by atoms with E-state index in [4.69, 9.17) is 23.9 Å². The molecule has 1 unspecified atom stereocenters. The van der Waals surface area contributed by atoms with E-state index in [1.165, 1.54) is 16.9 Å². The zero-order chi connectivity index (χ0) is 29.2. The molecule has 8 heteroatoms. The van der Waals surface area contributed by atoms with E-state index in [2.05, 4.69) is 18.2 Å². The lowest BCUT2D eigenvalue weighted by atomic mass is 9.84. The van der Waals surface area contributed by atoms with Crippen LogP contribution < -0.4 is 33.8 Å². The highest BCUT2D eigenvalue weighted by molar-refractivity contribution is 7.07. The molecule has 1 aliphatic heterocycles. The second-order valence-electron chi connectivity index (χ2n) is 10.1. The summed E-state index contributed by atoms with van der Waals surface area (Å²) in [7, 11) is 6.54. The standard InChI is InChI=1S/C34H32N2O5S/c1-38-25-13-8-21(9-14-25)18-24-6-5-7-27-31(24)35-34-36(32(27)23-11-15-26(39-2)16-12-23)33(37)30(42-34)20-22-10-17-28(40-3)29(19-22)41-4/h8-20,32H,5-7H2,1-4H3/b24-18+,30-20+. The normalized spacial score (nSPS) is 17.4. The summed E-state index contributed by atoms with van der Waals surface area (Å²) in [6.07, 6.45) is 6.88. The molecule has 0 fully saturated rings. The van der Waals surface area contributed by atoms with Crippen LogP contribution in [-0.2, 0) is 0 Å². The van der Waals surface area contributed by atoms with E-state index in [1.54, 1.807) is 28.4 Å². The first kappa shape index (κ1) is 27.6. The second kappa shape index (κ2) is 11.7. The Bertz CT molecular complexity index is 1860. The molecule has 3 aromatic carbocycles. The molecular weight excluding hydrogens is 548 g/mol. The van der Waals surface area contributed by atoms with Crippen LogP contribution in [0.1, 0.15) is 42.0 Å². The van der Waals surface area contributed by atoms with Crippen LogP contribution in [0.3, 0.4) is 0 Å². The van der Waals surface area contributed by atoms with E-state index >= 15 is 0 Å². The largest absolute Gasteiger partial charge is 0.497 e. The molecule has 7 nitrogen and oxygen atoms in total. The van der Waals surface area contributed by atoms with Crippen LogP contribution >= 0.6 is 11.3 Å². The van der Waals surface area contributed by atoms with Crippen molar-refractivity contribution in [1.29, 1.82) is 0 Å². The Balaban J connectivity index is 1.53. The van der Waals surface area contributed by atoms with Gasteiger partial charge in [0.05, 0.1) is 44.7 Å². The highest BCUT2D eigenvalue weighted by Crippen LogP contribution is 2.41. The Morgan fingerprint density at radius 3 is 2.12 bits per heavy atom. The zero-order valence-electron chi connectivity index (χ0n) is 24.0. The maximum Gasteiger partial charge on any atom is 0.271 e. The summed E-state index contributed by atoms with van der Waals surface area (Å²) in [6.45, 7) is 0. The predicted molar refractivity (Wildman–Crippen MR) is 165 cm³/mol. The monoisotopic (exact) mass is 580 g/mol. The van der Waals surface area contributed by atoms with Crippen molar-refractivity contribution in [2.75, 3.05) is 28.4 Å². The molecule has 0 amide bonds. The van der Waals surface area contributed by atoms with Crippen molar-refractivity contribution >= 4 is 23.5 Å². The van der Waals surface area contributed by atoms with Gasteiger partial charge in [-0.3, -0.25) is 9.36 Å². The number of rotatable bonds is 7. The smallest absolute Gasteiger partial charge is 0.271 e. The Morgan fingerprint density at radius 1 is 0.786 bits per heavy atom. The van der Waals surface area contributed by atoms with Gasteiger partial charge in [-0.1, -0.05) is 41.7 Å². The number of allylic oxidation sites excluding steroid dienone is 2. The van der Waals surface area contributed by atoms with Crippen LogP contribution in [-0.4, -0.2) is 33.0 Å². The number of ether oxygens (including phenoxy) is 4. The Labute approximate surface area is 248 Å².